The van der Waals surface area contributed by atoms with Gasteiger partial charge in [-0.25, -0.2) is 0 Å². The van der Waals surface area contributed by atoms with Crippen molar-refractivity contribution in [2.45, 2.75) is 19.4 Å². The fourth-order valence-electron chi connectivity index (χ4n) is 0.934. The average molecular weight is 245 g/mol. The maximum atomic E-state index is 9.02. The first kappa shape index (κ1) is 10.5. The van der Waals surface area contributed by atoms with Crippen molar-refractivity contribution in [2.24, 2.45) is 0 Å². The number of nitrogens with zero attached hydrogens (tertiary/aromatic N) is 1. The average Bonchev–Trinajstić information content (AvgIpc) is 2.03. The van der Waals surface area contributed by atoms with E-state index in [0.717, 1.165) is 23.1 Å². The zero-order chi connectivity index (χ0) is 9.68. The number of nitrogens with one attached hydrogen (secondary N) is 1. The lowest BCUT2D eigenvalue weighted by Crippen LogP contribution is -2.09. The molecule has 0 aliphatic rings. The van der Waals surface area contributed by atoms with Gasteiger partial charge in [0.25, 0.3) is 0 Å². The van der Waals surface area contributed by atoms with Crippen LogP contribution in [0.1, 0.15) is 13.3 Å². The highest BCUT2D eigenvalue weighted by Crippen LogP contribution is 2.13. The molecule has 72 valence electrons. The molecule has 1 atom stereocenters. The van der Waals surface area contributed by atoms with Crippen LogP contribution in [-0.4, -0.2) is 22.7 Å². The third-order valence-corrected chi connectivity index (χ3v) is 2.03. The number of aliphatic hydroxyl groups excluding tert-OH is 1. The molecule has 3 nitrogen and oxygen atoms in total. The normalized spacial score (nSPS) is 12.5. The van der Waals surface area contributed by atoms with Crippen molar-refractivity contribution in [3.8, 4) is 0 Å². The van der Waals surface area contributed by atoms with Crippen LogP contribution in [0, 0.1) is 0 Å². The molecule has 4 heteroatoms. The van der Waals surface area contributed by atoms with Crippen LogP contribution in [-0.2, 0) is 0 Å². The van der Waals surface area contributed by atoms with Gasteiger partial charge < -0.3 is 10.4 Å². The number of rotatable bonds is 4. The van der Waals surface area contributed by atoms with Gasteiger partial charge in [0.1, 0.15) is 0 Å². The van der Waals surface area contributed by atoms with Crippen LogP contribution in [0.2, 0.25) is 0 Å². The molecule has 2 N–H and O–H groups in total. The van der Waals surface area contributed by atoms with Gasteiger partial charge in [-0.05, 0) is 35.3 Å². The van der Waals surface area contributed by atoms with Crippen LogP contribution in [0.15, 0.2) is 22.9 Å². The van der Waals surface area contributed by atoms with Gasteiger partial charge in [-0.15, -0.1) is 0 Å². The first-order valence-corrected chi connectivity index (χ1v) is 5.00. The Morgan fingerprint density at radius 3 is 3.00 bits per heavy atom. The van der Waals surface area contributed by atoms with Gasteiger partial charge in [-0.3, -0.25) is 4.98 Å². The van der Waals surface area contributed by atoms with Gasteiger partial charge in [0.15, 0.2) is 0 Å². The van der Waals surface area contributed by atoms with Gasteiger partial charge in [0.2, 0.25) is 0 Å². The monoisotopic (exact) mass is 244 g/mol. The highest BCUT2D eigenvalue weighted by molar-refractivity contribution is 9.10. The molecule has 0 spiro atoms. The van der Waals surface area contributed by atoms with E-state index < -0.39 is 0 Å². The van der Waals surface area contributed by atoms with Crippen molar-refractivity contribution in [1.82, 2.24) is 4.98 Å². The second kappa shape index (κ2) is 5.19. The van der Waals surface area contributed by atoms with E-state index in [1.807, 2.05) is 6.07 Å². The molecule has 1 rings (SSSR count). The summed E-state index contributed by atoms with van der Waals surface area (Å²) >= 11 is 3.33. The molecule has 1 aromatic heterocycles. The summed E-state index contributed by atoms with van der Waals surface area (Å²) in [7, 11) is 0. The topological polar surface area (TPSA) is 45.1 Å². The van der Waals surface area contributed by atoms with E-state index in [9.17, 15) is 0 Å². The fraction of sp³-hybridized carbons (Fsp3) is 0.444. The third-order valence-electron chi connectivity index (χ3n) is 1.60. The molecule has 0 amide bonds. The summed E-state index contributed by atoms with van der Waals surface area (Å²) in [6, 6.07) is 1.95. The summed E-state index contributed by atoms with van der Waals surface area (Å²) < 4.78 is 0.953. The number of hydrogen-bond donors (Lipinski definition) is 2. The number of aliphatic hydroxyl groups is 1. The summed E-state index contributed by atoms with van der Waals surface area (Å²) in [5, 5.41) is 12.2. The van der Waals surface area contributed by atoms with Crippen LogP contribution in [0.3, 0.4) is 0 Å². The van der Waals surface area contributed by atoms with Gasteiger partial charge >= 0.3 is 0 Å². The second-order valence-corrected chi connectivity index (χ2v) is 3.87. The van der Waals surface area contributed by atoms with E-state index in [1.54, 1.807) is 19.3 Å². The number of anilines is 1. The molecule has 0 saturated heterocycles. The molecular formula is C9H13BrN2O. The predicted molar refractivity (Wildman–Crippen MR) is 56.7 cm³/mol. The SMILES string of the molecule is C[C@@H](O)CCNc1cncc(Br)c1. The Labute approximate surface area is 86.3 Å². The van der Waals surface area contributed by atoms with E-state index in [4.69, 9.17) is 5.11 Å². The molecule has 0 saturated carbocycles. The van der Waals surface area contributed by atoms with Crippen molar-refractivity contribution >= 4 is 21.6 Å². The quantitative estimate of drug-likeness (QED) is 0.853. The van der Waals surface area contributed by atoms with Gasteiger partial charge in [-0.1, -0.05) is 0 Å². The van der Waals surface area contributed by atoms with Crippen LogP contribution in [0.4, 0.5) is 5.69 Å². The van der Waals surface area contributed by atoms with Gasteiger partial charge in [0.05, 0.1) is 18.0 Å². The lowest BCUT2D eigenvalue weighted by Gasteiger charge is -2.07. The summed E-state index contributed by atoms with van der Waals surface area (Å²) in [5.74, 6) is 0. The maximum Gasteiger partial charge on any atom is 0.0538 e. The minimum atomic E-state index is -0.257. The van der Waals surface area contributed by atoms with Gasteiger partial charge in [-0.2, -0.15) is 0 Å². The van der Waals surface area contributed by atoms with Crippen LogP contribution >= 0.6 is 15.9 Å². The van der Waals surface area contributed by atoms with Crippen molar-refractivity contribution in [2.75, 3.05) is 11.9 Å². The Balaban J connectivity index is 2.37. The first-order valence-electron chi connectivity index (χ1n) is 4.21. The smallest absolute Gasteiger partial charge is 0.0538 e. The lowest BCUT2D eigenvalue weighted by molar-refractivity contribution is 0.189. The molecule has 0 aromatic carbocycles. The molecule has 0 radical (unpaired) electrons. The van der Waals surface area contributed by atoms with E-state index >= 15 is 0 Å². The van der Waals surface area contributed by atoms with E-state index in [-0.39, 0.29) is 6.10 Å². The first-order chi connectivity index (χ1) is 6.18. The Morgan fingerprint density at radius 2 is 2.38 bits per heavy atom. The molecule has 0 fully saturated rings. The minimum absolute atomic E-state index is 0.257. The van der Waals surface area contributed by atoms with E-state index in [2.05, 4.69) is 26.2 Å². The van der Waals surface area contributed by atoms with E-state index in [0.29, 0.717) is 0 Å². The number of aromatic nitrogens is 1. The predicted octanol–water partition coefficient (Wildman–Crippen LogP) is 2.03. The summed E-state index contributed by atoms with van der Waals surface area (Å²) in [4.78, 5) is 4.01. The van der Waals surface area contributed by atoms with Crippen LogP contribution in [0.5, 0.6) is 0 Å². The zero-order valence-corrected chi connectivity index (χ0v) is 9.08. The van der Waals surface area contributed by atoms with Crippen molar-refractivity contribution in [3.63, 3.8) is 0 Å². The second-order valence-electron chi connectivity index (χ2n) is 2.96. The van der Waals surface area contributed by atoms with Crippen molar-refractivity contribution in [3.05, 3.63) is 22.9 Å². The number of hydrogen-bond acceptors (Lipinski definition) is 3. The Bertz CT molecular complexity index is 266. The minimum Gasteiger partial charge on any atom is -0.393 e. The molecule has 0 aliphatic carbocycles. The standard InChI is InChI=1S/C9H13BrN2O/c1-7(13)2-3-12-9-4-8(10)5-11-6-9/h4-7,12-13H,2-3H2,1H3/t7-/m1/s1. The Kier molecular flexibility index (Phi) is 4.18. The highest BCUT2D eigenvalue weighted by atomic mass is 79.9. The molecule has 0 unspecified atom stereocenters. The molecule has 0 bridgehead atoms. The van der Waals surface area contributed by atoms with Crippen LogP contribution < -0.4 is 5.32 Å². The summed E-state index contributed by atoms with van der Waals surface area (Å²) in [6.07, 6.45) is 3.98. The maximum absolute atomic E-state index is 9.02. The van der Waals surface area contributed by atoms with Crippen molar-refractivity contribution < 1.29 is 5.11 Å². The highest BCUT2D eigenvalue weighted by Gasteiger charge is 1.96. The summed E-state index contributed by atoms with van der Waals surface area (Å²) in [6.45, 7) is 2.54. The Morgan fingerprint density at radius 1 is 1.62 bits per heavy atom. The zero-order valence-electron chi connectivity index (χ0n) is 7.50. The molecule has 13 heavy (non-hydrogen) atoms. The molecule has 0 aliphatic heterocycles. The largest absolute Gasteiger partial charge is 0.393 e. The van der Waals surface area contributed by atoms with Gasteiger partial charge in [0, 0.05) is 17.2 Å². The number of pyridine rings is 1. The van der Waals surface area contributed by atoms with E-state index in [1.165, 1.54) is 0 Å². The molecular weight excluding hydrogens is 232 g/mol. The summed E-state index contributed by atoms with van der Waals surface area (Å²) in [5.41, 5.74) is 0.968. The Hall–Kier alpha value is -0.610. The number of halogens is 1. The van der Waals surface area contributed by atoms with Crippen LogP contribution in [0.25, 0.3) is 0 Å². The molecule has 1 heterocycles. The third kappa shape index (κ3) is 4.24. The fourth-order valence-corrected chi connectivity index (χ4v) is 1.30. The molecule has 1 aromatic rings. The van der Waals surface area contributed by atoms with Crippen molar-refractivity contribution in [1.29, 1.82) is 0 Å². The lowest BCUT2D eigenvalue weighted by atomic mass is 10.3.